The van der Waals surface area contributed by atoms with Crippen molar-refractivity contribution in [2.75, 3.05) is 0 Å². The molecule has 0 aliphatic rings. The molecule has 0 radical (unpaired) electrons. The zero-order valence-corrected chi connectivity index (χ0v) is 14.7. The molecule has 0 saturated carbocycles. The molecule has 0 aromatic heterocycles. The van der Waals surface area contributed by atoms with E-state index in [4.69, 9.17) is 66.5 Å². The molecule has 0 rings (SSSR count). The van der Waals surface area contributed by atoms with Crippen molar-refractivity contribution in [2.45, 2.75) is 24.3 Å². The van der Waals surface area contributed by atoms with Gasteiger partial charge in [0.2, 0.25) is 14.1 Å². The Kier molecular flexibility index (Phi) is 7.35. The summed E-state index contributed by atoms with van der Waals surface area (Å²) in [5.41, 5.74) is 0.595. The molecule has 0 N–H and O–H groups in total. The minimum Gasteiger partial charge on any atom is -0.151 e. The standard InChI is InChI=1S/C4H10Cl6Si3/c1-12(7,8)2-3-13(9,10)4-11(5)6/h11H,2-4H2,1H3. The highest BCUT2D eigenvalue weighted by Gasteiger charge is 2.34. The fraction of sp³-hybridized carbons (Fsp3) is 1.00. The van der Waals surface area contributed by atoms with Crippen molar-refractivity contribution in [3.05, 3.63) is 0 Å². The van der Waals surface area contributed by atoms with Crippen LogP contribution < -0.4 is 0 Å². The van der Waals surface area contributed by atoms with Crippen LogP contribution in [-0.2, 0) is 0 Å². The number of halogens is 6. The smallest absolute Gasteiger partial charge is 0.151 e. The highest BCUT2D eigenvalue weighted by atomic mass is 35.7. The van der Waals surface area contributed by atoms with E-state index in [0.29, 0.717) is 17.8 Å². The SMILES string of the molecule is C[Si](Cl)(Cl)CC[Si](Cl)(Cl)C[SiH](Cl)Cl. The van der Waals surface area contributed by atoms with Gasteiger partial charge in [0.15, 0.2) is 0 Å². The first-order valence-electron chi connectivity index (χ1n) is 3.66. The van der Waals surface area contributed by atoms with Gasteiger partial charge in [0, 0.05) is 0 Å². The molecule has 9 heteroatoms. The number of rotatable bonds is 5. The van der Waals surface area contributed by atoms with Gasteiger partial charge in [0.1, 0.15) is 0 Å². The van der Waals surface area contributed by atoms with Crippen LogP contribution in [0, 0.1) is 0 Å². The van der Waals surface area contributed by atoms with Gasteiger partial charge in [-0.1, -0.05) is 0 Å². The largest absolute Gasteiger partial charge is 0.250 e. The molecule has 0 unspecified atom stereocenters. The topological polar surface area (TPSA) is 0 Å². The van der Waals surface area contributed by atoms with E-state index < -0.39 is 20.8 Å². The maximum absolute atomic E-state index is 6.11. The van der Waals surface area contributed by atoms with Gasteiger partial charge in [-0.2, -0.15) is 22.2 Å². The summed E-state index contributed by atoms with van der Waals surface area (Å²) in [6.45, 7) is -2.49. The molecular weight excluding hydrogens is 345 g/mol. The maximum atomic E-state index is 6.11. The van der Waals surface area contributed by atoms with E-state index in [1.54, 1.807) is 0 Å². The monoisotopic (exact) mass is 352 g/mol. The first kappa shape index (κ1) is 15.4. The van der Waals surface area contributed by atoms with Crippen LogP contribution in [0.5, 0.6) is 0 Å². The van der Waals surface area contributed by atoms with E-state index in [1.165, 1.54) is 0 Å². The summed E-state index contributed by atoms with van der Waals surface area (Å²) < 4.78 is 0. The lowest BCUT2D eigenvalue weighted by atomic mass is 10.9. The Bertz CT molecular complexity index is 154. The fourth-order valence-corrected chi connectivity index (χ4v) is 20.3. The summed E-state index contributed by atoms with van der Waals surface area (Å²) in [6, 6.07) is 1.40. The predicted molar refractivity (Wildman–Crippen MR) is 74.1 cm³/mol. The second kappa shape index (κ2) is 6.21. The Balaban J connectivity index is 3.89. The van der Waals surface area contributed by atoms with Crippen LogP contribution in [0.15, 0.2) is 0 Å². The first-order valence-corrected chi connectivity index (χ1v) is 17.1. The summed E-state index contributed by atoms with van der Waals surface area (Å²) in [4.78, 5) is 0. The molecule has 0 aromatic carbocycles. The molecule has 0 atom stereocenters. The Morgan fingerprint density at radius 3 is 1.77 bits per heavy atom. The van der Waals surface area contributed by atoms with Crippen molar-refractivity contribution >= 4 is 87.3 Å². The second-order valence-electron chi connectivity index (χ2n) is 3.02. The number of hydrogen-bond donors (Lipinski definition) is 0. The molecule has 0 bridgehead atoms. The summed E-state index contributed by atoms with van der Waals surface area (Å²) in [5, 5.41) is 0. The summed E-state index contributed by atoms with van der Waals surface area (Å²) in [6.07, 6.45) is 0. The zero-order chi connectivity index (χ0) is 10.7. The van der Waals surface area contributed by atoms with Gasteiger partial charge in [0.25, 0.3) is 6.69 Å². The van der Waals surface area contributed by atoms with Crippen LogP contribution in [-0.4, -0.2) is 20.8 Å². The van der Waals surface area contributed by atoms with Crippen LogP contribution >= 0.6 is 66.5 Å². The van der Waals surface area contributed by atoms with Gasteiger partial charge in [-0.05, 0) is 24.3 Å². The maximum Gasteiger partial charge on any atom is 0.250 e. The van der Waals surface area contributed by atoms with Gasteiger partial charge in [-0.15, -0.1) is 44.3 Å². The summed E-state index contributed by atoms with van der Waals surface area (Å²) in [5.74, 6) is 0. The van der Waals surface area contributed by atoms with Crippen molar-refractivity contribution in [3.63, 3.8) is 0 Å². The minimum atomic E-state index is -2.27. The summed E-state index contributed by atoms with van der Waals surface area (Å²) >= 11 is 35.5. The fourth-order valence-electron chi connectivity index (χ4n) is 0.730. The summed E-state index contributed by atoms with van der Waals surface area (Å²) in [7, 11) is -1.71. The third-order valence-electron chi connectivity index (χ3n) is 1.38. The van der Waals surface area contributed by atoms with Gasteiger partial charge >= 0.3 is 0 Å². The van der Waals surface area contributed by atoms with E-state index in [2.05, 4.69) is 0 Å². The van der Waals surface area contributed by atoms with Crippen molar-refractivity contribution in [3.8, 4) is 0 Å². The Labute approximate surface area is 111 Å². The molecule has 0 aliphatic heterocycles. The predicted octanol–water partition coefficient (Wildman–Crippen LogP) is 4.69. The average molecular weight is 355 g/mol. The second-order valence-corrected chi connectivity index (χ2v) is 24.6. The lowest BCUT2D eigenvalue weighted by Gasteiger charge is -2.18. The molecule has 0 fully saturated rings. The van der Waals surface area contributed by atoms with Crippen molar-refractivity contribution in [1.29, 1.82) is 0 Å². The molecule has 13 heavy (non-hydrogen) atoms. The van der Waals surface area contributed by atoms with Crippen LogP contribution in [0.2, 0.25) is 24.3 Å². The molecule has 0 spiro atoms. The van der Waals surface area contributed by atoms with E-state index in [-0.39, 0.29) is 0 Å². The third-order valence-corrected chi connectivity index (χ3v) is 15.4. The van der Waals surface area contributed by atoms with Gasteiger partial charge in [0.05, 0.1) is 0 Å². The number of hydrogen-bond acceptors (Lipinski definition) is 0. The van der Waals surface area contributed by atoms with Crippen LogP contribution in [0.25, 0.3) is 0 Å². The van der Waals surface area contributed by atoms with E-state index in [0.717, 1.165) is 0 Å². The van der Waals surface area contributed by atoms with Crippen molar-refractivity contribution in [1.82, 2.24) is 0 Å². The molecule has 0 aromatic rings. The quantitative estimate of drug-likeness (QED) is 0.496. The van der Waals surface area contributed by atoms with Crippen LogP contribution in [0.3, 0.4) is 0 Å². The van der Waals surface area contributed by atoms with E-state index in [1.807, 2.05) is 6.55 Å². The Hall–Kier alpha value is 2.39. The minimum absolute atomic E-state index is 0.595. The first-order chi connectivity index (χ1) is 5.62. The van der Waals surface area contributed by atoms with Crippen molar-refractivity contribution in [2.24, 2.45) is 0 Å². The lowest BCUT2D eigenvalue weighted by molar-refractivity contribution is 1.37. The highest BCUT2D eigenvalue weighted by Crippen LogP contribution is 2.34. The normalized spacial score (nSPS) is 13.8. The zero-order valence-electron chi connectivity index (χ0n) is 6.97. The molecule has 80 valence electrons. The van der Waals surface area contributed by atoms with E-state index in [9.17, 15) is 0 Å². The van der Waals surface area contributed by atoms with E-state index >= 15 is 0 Å². The third kappa shape index (κ3) is 10.7. The molecule has 0 aliphatic carbocycles. The highest BCUT2D eigenvalue weighted by molar-refractivity contribution is 7.52. The molecule has 0 heterocycles. The molecule has 0 amide bonds. The molecular formula is C4H10Cl6Si3. The Morgan fingerprint density at radius 1 is 1.00 bits per heavy atom. The lowest BCUT2D eigenvalue weighted by Crippen LogP contribution is -2.26. The van der Waals surface area contributed by atoms with Crippen molar-refractivity contribution < 1.29 is 0 Å². The molecule has 0 nitrogen and oxygen atoms in total. The Morgan fingerprint density at radius 2 is 1.46 bits per heavy atom. The average Bonchev–Trinajstić information content (AvgIpc) is 1.79. The van der Waals surface area contributed by atoms with Gasteiger partial charge in [-0.25, -0.2) is 0 Å². The van der Waals surface area contributed by atoms with Crippen LogP contribution in [0.1, 0.15) is 0 Å². The van der Waals surface area contributed by atoms with Gasteiger partial charge < -0.3 is 0 Å². The van der Waals surface area contributed by atoms with Gasteiger partial charge in [-0.3, -0.25) is 0 Å². The van der Waals surface area contributed by atoms with Crippen LogP contribution in [0.4, 0.5) is 0 Å². The molecule has 0 saturated heterocycles.